The second kappa shape index (κ2) is 7.83. The number of nitrogens with zero attached hydrogens (tertiary/aromatic N) is 2. The highest BCUT2D eigenvalue weighted by atomic mass is 16.3. The molecule has 1 unspecified atom stereocenters. The number of aliphatic hydroxyl groups is 1. The van der Waals surface area contributed by atoms with Crippen molar-refractivity contribution in [3.63, 3.8) is 0 Å². The van der Waals surface area contributed by atoms with Crippen molar-refractivity contribution in [3.8, 4) is 6.07 Å². The Labute approximate surface area is 109 Å². The van der Waals surface area contributed by atoms with Gasteiger partial charge in [-0.2, -0.15) is 5.26 Å². The van der Waals surface area contributed by atoms with E-state index in [9.17, 15) is 5.11 Å². The SMILES string of the molecule is CCNCC(O)CN(C)Cc1cccc(C#N)c1. The third-order valence-electron chi connectivity index (χ3n) is 2.66. The molecule has 4 heteroatoms. The van der Waals surface area contributed by atoms with Crippen molar-refractivity contribution in [1.29, 1.82) is 5.26 Å². The van der Waals surface area contributed by atoms with E-state index in [-0.39, 0.29) is 6.10 Å². The molecule has 2 N–H and O–H groups in total. The smallest absolute Gasteiger partial charge is 0.0991 e. The molecule has 0 heterocycles. The van der Waals surface area contributed by atoms with Crippen LogP contribution < -0.4 is 5.32 Å². The Hall–Kier alpha value is -1.41. The molecule has 0 saturated heterocycles. The highest BCUT2D eigenvalue weighted by molar-refractivity contribution is 5.32. The average Bonchev–Trinajstić information content (AvgIpc) is 2.36. The van der Waals surface area contributed by atoms with Crippen LogP contribution in [0.4, 0.5) is 0 Å². The third-order valence-corrected chi connectivity index (χ3v) is 2.66. The van der Waals surface area contributed by atoms with Gasteiger partial charge in [0.25, 0.3) is 0 Å². The molecule has 0 aliphatic carbocycles. The Kier molecular flexibility index (Phi) is 6.37. The Bertz CT molecular complexity index is 400. The molecule has 0 aliphatic heterocycles. The second-order valence-electron chi connectivity index (χ2n) is 4.47. The van der Waals surface area contributed by atoms with E-state index in [2.05, 4.69) is 16.3 Å². The summed E-state index contributed by atoms with van der Waals surface area (Å²) in [4.78, 5) is 2.05. The molecule has 0 fully saturated rings. The number of nitrogens with one attached hydrogen (secondary N) is 1. The van der Waals surface area contributed by atoms with Gasteiger partial charge in [-0.25, -0.2) is 0 Å². The van der Waals surface area contributed by atoms with Crippen LogP contribution in [-0.2, 0) is 6.54 Å². The first-order chi connectivity index (χ1) is 8.65. The van der Waals surface area contributed by atoms with Crippen molar-refractivity contribution in [2.24, 2.45) is 0 Å². The zero-order valence-electron chi connectivity index (χ0n) is 11.1. The molecule has 0 amide bonds. The minimum absolute atomic E-state index is 0.367. The summed E-state index contributed by atoms with van der Waals surface area (Å²) < 4.78 is 0. The summed E-state index contributed by atoms with van der Waals surface area (Å²) in [5, 5.41) is 21.7. The van der Waals surface area contributed by atoms with Gasteiger partial charge in [0.2, 0.25) is 0 Å². The van der Waals surface area contributed by atoms with Crippen molar-refractivity contribution in [1.82, 2.24) is 10.2 Å². The Balaban J connectivity index is 2.44. The minimum atomic E-state index is -0.367. The standard InChI is InChI=1S/C14H21N3O/c1-3-16-9-14(18)11-17(2)10-13-6-4-5-12(7-13)8-15/h4-7,14,16,18H,3,9-11H2,1-2H3. The van der Waals surface area contributed by atoms with Crippen LogP contribution in [-0.4, -0.2) is 42.8 Å². The van der Waals surface area contributed by atoms with Crippen LogP contribution in [0.3, 0.4) is 0 Å². The summed E-state index contributed by atoms with van der Waals surface area (Å²) in [5.74, 6) is 0. The fraction of sp³-hybridized carbons (Fsp3) is 0.500. The summed E-state index contributed by atoms with van der Waals surface area (Å²) in [6, 6.07) is 9.69. The Morgan fingerprint density at radius 2 is 2.28 bits per heavy atom. The number of nitriles is 1. The maximum atomic E-state index is 9.77. The van der Waals surface area contributed by atoms with Crippen LogP contribution in [0.1, 0.15) is 18.1 Å². The van der Waals surface area contributed by atoms with E-state index < -0.39 is 0 Å². The monoisotopic (exact) mass is 247 g/mol. The topological polar surface area (TPSA) is 59.3 Å². The molecular formula is C14H21N3O. The molecule has 18 heavy (non-hydrogen) atoms. The Morgan fingerprint density at radius 1 is 1.50 bits per heavy atom. The molecule has 0 aromatic heterocycles. The van der Waals surface area contributed by atoms with Crippen molar-refractivity contribution in [3.05, 3.63) is 35.4 Å². The fourth-order valence-electron chi connectivity index (χ4n) is 1.85. The Morgan fingerprint density at radius 3 is 2.94 bits per heavy atom. The summed E-state index contributed by atoms with van der Waals surface area (Å²) in [5.41, 5.74) is 1.77. The van der Waals surface area contributed by atoms with Crippen LogP contribution in [0.25, 0.3) is 0 Å². The molecule has 0 saturated carbocycles. The fourth-order valence-corrected chi connectivity index (χ4v) is 1.85. The van der Waals surface area contributed by atoms with Crippen molar-refractivity contribution < 1.29 is 5.11 Å². The number of benzene rings is 1. The summed E-state index contributed by atoms with van der Waals surface area (Å²) in [6.07, 6.45) is -0.367. The number of aliphatic hydroxyl groups excluding tert-OH is 1. The highest BCUT2D eigenvalue weighted by Gasteiger charge is 2.08. The maximum Gasteiger partial charge on any atom is 0.0991 e. The molecule has 1 rings (SSSR count). The van der Waals surface area contributed by atoms with Crippen LogP contribution >= 0.6 is 0 Å². The van der Waals surface area contributed by atoms with E-state index in [4.69, 9.17) is 5.26 Å². The highest BCUT2D eigenvalue weighted by Crippen LogP contribution is 2.07. The average molecular weight is 247 g/mol. The van der Waals surface area contributed by atoms with Crippen LogP contribution in [0, 0.1) is 11.3 Å². The zero-order chi connectivity index (χ0) is 13.4. The predicted molar refractivity (Wildman–Crippen MR) is 72.0 cm³/mol. The normalized spacial score (nSPS) is 12.4. The largest absolute Gasteiger partial charge is 0.390 e. The van der Waals surface area contributed by atoms with Gasteiger partial charge in [-0.3, -0.25) is 4.90 Å². The molecule has 1 atom stereocenters. The second-order valence-corrected chi connectivity index (χ2v) is 4.47. The van der Waals surface area contributed by atoms with E-state index in [1.807, 2.05) is 32.2 Å². The van der Waals surface area contributed by atoms with E-state index in [0.717, 1.165) is 18.7 Å². The molecule has 1 aromatic carbocycles. The van der Waals surface area contributed by atoms with Crippen molar-refractivity contribution in [2.75, 3.05) is 26.7 Å². The summed E-state index contributed by atoms with van der Waals surface area (Å²) in [6.45, 7) is 4.84. The van der Waals surface area contributed by atoms with Crippen LogP contribution in [0.15, 0.2) is 24.3 Å². The first-order valence-corrected chi connectivity index (χ1v) is 6.22. The lowest BCUT2D eigenvalue weighted by Gasteiger charge is -2.20. The van der Waals surface area contributed by atoms with Gasteiger partial charge in [0, 0.05) is 19.6 Å². The van der Waals surface area contributed by atoms with Gasteiger partial charge in [0.1, 0.15) is 0 Å². The van der Waals surface area contributed by atoms with Crippen molar-refractivity contribution in [2.45, 2.75) is 19.6 Å². The number of hydrogen-bond acceptors (Lipinski definition) is 4. The van der Waals surface area contributed by atoms with Gasteiger partial charge in [0.15, 0.2) is 0 Å². The lowest BCUT2D eigenvalue weighted by Crippen LogP contribution is -2.36. The number of hydrogen-bond donors (Lipinski definition) is 2. The van der Waals surface area contributed by atoms with Gasteiger partial charge in [-0.15, -0.1) is 0 Å². The minimum Gasteiger partial charge on any atom is -0.390 e. The molecule has 1 aromatic rings. The molecule has 0 aliphatic rings. The van der Waals surface area contributed by atoms with E-state index in [0.29, 0.717) is 18.7 Å². The lowest BCUT2D eigenvalue weighted by atomic mass is 10.1. The van der Waals surface area contributed by atoms with E-state index in [1.165, 1.54) is 0 Å². The van der Waals surface area contributed by atoms with Crippen LogP contribution in [0.2, 0.25) is 0 Å². The summed E-state index contributed by atoms with van der Waals surface area (Å²) in [7, 11) is 1.97. The number of rotatable bonds is 7. The molecule has 0 bridgehead atoms. The quantitative estimate of drug-likeness (QED) is 0.753. The first-order valence-electron chi connectivity index (χ1n) is 6.22. The molecule has 0 radical (unpaired) electrons. The predicted octanol–water partition coefficient (Wildman–Crippen LogP) is 0.960. The number of likely N-dealkylation sites (N-methyl/N-ethyl adjacent to an activating group) is 2. The molecule has 98 valence electrons. The summed E-state index contributed by atoms with van der Waals surface area (Å²) >= 11 is 0. The van der Waals surface area contributed by atoms with Crippen molar-refractivity contribution >= 4 is 0 Å². The van der Waals surface area contributed by atoms with Gasteiger partial charge in [-0.05, 0) is 31.3 Å². The van der Waals surface area contributed by atoms with Gasteiger partial charge < -0.3 is 10.4 Å². The molecule has 4 nitrogen and oxygen atoms in total. The van der Waals surface area contributed by atoms with E-state index in [1.54, 1.807) is 6.07 Å². The zero-order valence-corrected chi connectivity index (χ0v) is 11.1. The third kappa shape index (κ3) is 5.28. The van der Waals surface area contributed by atoms with E-state index >= 15 is 0 Å². The van der Waals surface area contributed by atoms with Gasteiger partial charge in [0.05, 0.1) is 17.7 Å². The maximum absolute atomic E-state index is 9.77. The van der Waals surface area contributed by atoms with Gasteiger partial charge in [-0.1, -0.05) is 19.1 Å². The van der Waals surface area contributed by atoms with Gasteiger partial charge >= 0.3 is 0 Å². The molecule has 0 spiro atoms. The first kappa shape index (κ1) is 14.7. The lowest BCUT2D eigenvalue weighted by molar-refractivity contribution is 0.122. The van der Waals surface area contributed by atoms with Crippen LogP contribution in [0.5, 0.6) is 0 Å². The molecular weight excluding hydrogens is 226 g/mol.